The summed E-state index contributed by atoms with van der Waals surface area (Å²) in [5.74, 6) is 3.68. The Bertz CT molecular complexity index is 886. The van der Waals surface area contributed by atoms with Gasteiger partial charge in [-0.25, -0.2) is 0 Å². The summed E-state index contributed by atoms with van der Waals surface area (Å²) >= 11 is 0. The van der Waals surface area contributed by atoms with E-state index in [9.17, 15) is 18.3 Å². The number of ether oxygens (including phenoxy) is 1. The van der Waals surface area contributed by atoms with Crippen LogP contribution in [0.25, 0.3) is 0 Å². The molecule has 4 aliphatic carbocycles. The van der Waals surface area contributed by atoms with E-state index in [0.29, 0.717) is 35.3 Å². The third kappa shape index (κ3) is 5.38. The van der Waals surface area contributed by atoms with Crippen LogP contribution in [0.2, 0.25) is 0 Å². The minimum absolute atomic E-state index is 0.188. The summed E-state index contributed by atoms with van der Waals surface area (Å²) in [6.07, 6.45) is 10.4. The maximum Gasteiger partial charge on any atom is 0.261 e. The molecule has 2 N–H and O–H groups in total. The van der Waals surface area contributed by atoms with E-state index in [1.54, 1.807) is 0 Å². The van der Waals surface area contributed by atoms with Crippen LogP contribution in [-0.4, -0.2) is 73.0 Å². The van der Waals surface area contributed by atoms with Crippen LogP contribution >= 0.6 is 0 Å². The number of nitrogens with zero attached hydrogens (tertiary/aromatic N) is 1. The molecule has 8 heteroatoms. The fourth-order valence-corrected chi connectivity index (χ4v) is 9.46. The predicted octanol–water partition coefficient (Wildman–Crippen LogP) is 3.80. The SMILES string of the molecule is CC(=O)[C@H]1CC[C@H]2[C@@H]3CC[C@H]4C[C@H](O)[C@@H](N5CCO[C@H](C)C5)C[C@]4(C)[C@H]3CC[C@]12C.CS(=O)(=O)O. The third-order valence-corrected chi connectivity index (χ3v) is 10.9. The monoisotopic (exact) mass is 513 g/mol. The van der Waals surface area contributed by atoms with Gasteiger partial charge in [-0.1, -0.05) is 13.8 Å². The molecule has 5 aliphatic rings. The van der Waals surface area contributed by atoms with Crippen LogP contribution < -0.4 is 0 Å². The Hall–Kier alpha value is -0.540. The highest BCUT2D eigenvalue weighted by atomic mass is 32.2. The average Bonchev–Trinajstić information content (AvgIpc) is 3.10. The van der Waals surface area contributed by atoms with Crippen molar-refractivity contribution in [3.63, 3.8) is 0 Å². The quantitative estimate of drug-likeness (QED) is 0.541. The minimum atomic E-state index is -3.67. The molecule has 1 aliphatic heterocycles. The van der Waals surface area contributed by atoms with Crippen molar-refractivity contribution in [1.29, 1.82) is 0 Å². The molecular formula is C27H47NO6S. The Balaban J connectivity index is 0.000000527. The number of rotatable bonds is 2. The highest BCUT2D eigenvalue weighted by molar-refractivity contribution is 7.85. The molecule has 0 aromatic carbocycles. The summed E-state index contributed by atoms with van der Waals surface area (Å²) in [7, 11) is -3.67. The highest BCUT2D eigenvalue weighted by Crippen LogP contribution is 2.67. The molecule has 0 aromatic rings. The number of ketones is 1. The highest BCUT2D eigenvalue weighted by Gasteiger charge is 2.62. The van der Waals surface area contributed by atoms with Crippen LogP contribution in [0.3, 0.4) is 0 Å². The molecule has 1 saturated heterocycles. The fraction of sp³-hybridized carbons (Fsp3) is 0.963. The summed E-state index contributed by atoms with van der Waals surface area (Å²) in [4.78, 5) is 14.9. The van der Waals surface area contributed by atoms with E-state index in [2.05, 4.69) is 25.7 Å². The van der Waals surface area contributed by atoms with E-state index < -0.39 is 10.1 Å². The zero-order valence-corrected chi connectivity index (χ0v) is 23.1. The first-order valence-corrected chi connectivity index (χ1v) is 15.6. The summed E-state index contributed by atoms with van der Waals surface area (Å²) in [5, 5.41) is 11.1. The number of hydrogen-bond acceptors (Lipinski definition) is 6. The molecule has 0 amide bonds. The molecule has 202 valence electrons. The van der Waals surface area contributed by atoms with Gasteiger partial charge < -0.3 is 9.84 Å². The maximum absolute atomic E-state index is 12.4. The summed E-state index contributed by atoms with van der Waals surface area (Å²) in [6.45, 7) is 11.7. The first-order valence-electron chi connectivity index (χ1n) is 13.7. The van der Waals surface area contributed by atoms with Crippen LogP contribution in [-0.2, 0) is 19.6 Å². The zero-order chi connectivity index (χ0) is 25.8. The van der Waals surface area contributed by atoms with Gasteiger partial charge in [0.15, 0.2) is 0 Å². The summed E-state index contributed by atoms with van der Waals surface area (Å²) < 4.78 is 31.7. The van der Waals surface area contributed by atoms with Crippen molar-refractivity contribution in [2.24, 2.45) is 40.4 Å². The lowest BCUT2D eigenvalue weighted by molar-refractivity contribution is -0.160. The van der Waals surface area contributed by atoms with Crippen molar-refractivity contribution in [2.45, 2.75) is 97.3 Å². The molecule has 0 aromatic heterocycles. The first kappa shape index (κ1) is 27.5. The first-order chi connectivity index (χ1) is 16.2. The number of fused-ring (bicyclic) bond motifs is 5. The second kappa shape index (κ2) is 9.97. The maximum atomic E-state index is 12.4. The molecular weight excluding hydrogens is 466 g/mol. The minimum Gasteiger partial charge on any atom is -0.391 e. The van der Waals surface area contributed by atoms with Gasteiger partial charge in [-0.15, -0.1) is 0 Å². The van der Waals surface area contributed by atoms with Crippen molar-refractivity contribution in [2.75, 3.05) is 26.0 Å². The number of aliphatic hydroxyl groups is 1. The van der Waals surface area contributed by atoms with Gasteiger partial charge in [-0.2, -0.15) is 8.42 Å². The topological polar surface area (TPSA) is 104 Å². The number of carbonyl (C=O) groups excluding carboxylic acids is 1. The molecule has 0 bridgehead atoms. The standard InChI is InChI=1S/C26H43NO3.CH4O3S/c1-16-15-27(11-12-30-16)23-14-26(4)18(13-24(23)29)5-6-19-21-8-7-20(17(2)28)25(21,3)10-9-22(19)26;1-5(2,3)4/h16,18-24,29H,5-15H2,1-4H3;1H3,(H,2,3,4)/t16-,18+,19+,20-,21+,22+,23+,24+,25-,26+;/m1./s1. The third-order valence-electron chi connectivity index (χ3n) is 10.9. The molecule has 5 fully saturated rings. The lowest BCUT2D eigenvalue weighted by atomic mass is 9.44. The summed E-state index contributed by atoms with van der Waals surface area (Å²) in [6, 6.07) is 0.290. The fourth-order valence-electron chi connectivity index (χ4n) is 9.46. The smallest absolute Gasteiger partial charge is 0.261 e. The molecule has 4 saturated carbocycles. The lowest BCUT2D eigenvalue weighted by Gasteiger charge is -2.62. The van der Waals surface area contributed by atoms with Crippen LogP contribution in [0.1, 0.15) is 79.1 Å². The van der Waals surface area contributed by atoms with Crippen molar-refractivity contribution in [1.82, 2.24) is 4.90 Å². The van der Waals surface area contributed by atoms with E-state index in [1.807, 2.05) is 6.92 Å². The average molecular weight is 514 g/mol. The number of Topliss-reactive ketones (excluding diaryl/α,β-unsaturated/α-hetero) is 1. The molecule has 0 radical (unpaired) electrons. The van der Waals surface area contributed by atoms with Gasteiger partial charge in [-0.3, -0.25) is 14.2 Å². The van der Waals surface area contributed by atoms with Crippen LogP contribution in [0, 0.1) is 40.4 Å². The van der Waals surface area contributed by atoms with Gasteiger partial charge in [0.2, 0.25) is 0 Å². The van der Waals surface area contributed by atoms with Crippen molar-refractivity contribution in [3.05, 3.63) is 0 Å². The molecule has 7 nitrogen and oxygen atoms in total. The van der Waals surface area contributed by atoms with Gasteiger partial charge in [0, 0.05) is 25.0 Å². The van der Waals surface area contributed by atoms with Crippen molar-refractivity contribution < 1.29 is 27.6 Å². The number of aliphatic hydroxyl groups excluding tert-OH is 1. The predicted molar refractivity (Wildman–Crippen MR) is 136 cm³/mol. The molecule has 1 heterocycles. The zero-order valence-electron chi connectivity index (χ0n) is 22.3. The van der Waals surface area contributed by atoms with Crippen LogP contribution in [0.15, 0.2) is 0 Å². The molecule has 5 rings (SSSR count). The Morgan fingerprint density at radius 1 is 1.06 bits per heavy atom. The number of hydrogen-bond donors (Lipinski definition) is 2. The van der Waals surface area contributed by atoms with E-state index in [0.717, 1.165) is 56.7 Å². The second-order valence-electron chi connectivity index (χ2n) is 12.9. The largest absolute Gasteiger partial charge is 0.391 e. The van der Waals surface area contributed by atoms with Gasteiger partial charge in [0.05, 0.1) is 25.1 Å². The lowest BCUT2D eigenvalue weighted by Crippen LogP contribution is -2.61. The van der Waals surface area contributed by atoms with Gasteiger partial charge in [0.1, 0.15) is 5.78 Å². The number of carbonyl (C=O) groups is 1. The molecule has 0 unspecified atom stereocenters. The van der Waals surface area contributed by atoms with E-state index in [1.165, 1.54) is 32.1 Å². The molecule has 35 heavy (non-hydrogen) atoms. The van der Waals surface area contributed by atoms with Crippen LogP contribution in [0.4, 0.5) is 0 Å². The van der Waals surface area contributed by atoms with Gasteiger partial charge >= 0.3 is 0 Å². The van der Waals surface area contributed by atoms with Crippen LogP contribution in [0.5, 0.6) is 0 Å². The Morgan fingerprint density at radius 3 is 2.34 bits per heavy atom. The normalized spacial score (nSPS) is 48.1. The Morgan fingerprint density at radius 2 is 1.71 bits per heavy atom. The van der Waals surface area contributed by atoms with E-state index in [-0.39, 0.29) is 17.6 Å². The van der Waals surface area contributed by atoms with E-state index in [4.69, 9.17) is 9.29 Å². The molecule has 0 spiro atoms. The Kier molecular flexibility index (Phi) is 7.83. The second-order valence-corrected chi connectivity index (χ2v) is 14.4. The van der Waals surface area contributed by atoms with Crippen molar-refractivity contribution >= 4 is 15.9 Å². The van der Waals surface area contributed by atoms with Crippen molar-refractivity contribution in [3.8, 4) is 0 Å². The van der Waals surface area contributed by atoms with Gasteiger partial charge in [0.25, 0.3) is 10.1 Å². The Labute approximate surface area is 212 Å². The summed E-state index contributed by atoms with van der Waals surface area (Å²) in [5.41, 5.74) is 0.577. The number of morpholine rings is 1. The van der Waals surface area contributed by atoms with Gasteiger partial charge in [-0.05, 0) is 99.7 Å². The van der Waals surface area contributed by atoms with E-state index >= 15 is 0 Å². The molecule has 10 atom stereocenters.